The number of nitrogen functional groups attached to an aromatic ring is 1. The van der Waals surface area contributed by atoms with Crippen molar-refractivity contribution >= 4 is 15.7 Å². The maximum Gasteiger partial charge on any atom is 0.247 e. The second kappa shape index (κ2) is 5.70. The lowest BCUT2D eigenvalue weighted by Gasteiger charge is -2.18. The first kappa shape index (κ1) is 15.0. The Labute approximate surface area is 112 Å². The number of benzene rings is 1. The second-order valence-corrected chi connectivity index (χ2v) is 5.97. The van der Waals surface area contributed by atoms with Crippen LogP contribution in [0.5, 0.6) is 0 Å². The van der Waals surface area contributed by atoms with Gasteiger partial charge in [-0.2, -0.15) is 14.8 Å². The Balaban J connectivity index is 3.38. The molecular formula is C12H14N4O2S. The predicted molar refractivity (Wildman–Crippen MR) is 70.3 cm³/mol. The number of aryl methyl sites for hydroxylation is 2. The van der Waals surface area contributed by atoms with Crippen molar-refractivity contribution in [2.24, 2.45) is 0 Å². The maximum absolute atomic E-state index is 12.3. The fraction of sp³-hybridized carbons (Fsp3) is 0.333. The number of anilines is 1. The van der Waals surface area contributed by atoms with Crippen molar-refractivity contribution in [2.45, 2.75) is 18.7 Å². The SMILES string of the molecule is Cc1cc(N)c(S(=O)(=O)N(CC#N)CC#N)cc1C. The molecule has 100 valence electrons. The lowest BCUT2D eigenvalue weighted by molar-refractivity contribution is 0.480. The summed E-state index contributed by atoms with van der Waals surface area (Å²) < 4.78 is 25.5. The topological polar surface area (TPSA) is 111 Å². The van der Waals surface area contributed by atoms with Gasteiger partial charge in [0.25, 0.3) is 0 Å². The summed E-state index contributed by atoms with van der Waals surface area (Å²) in [6, 6.07) is 6.49. The molecule has 0 saturated carbocycles. The zero-order valence-electron chi connectivity index (χ0n) is 10.7. The summed E-state index contributed by atoms with van der Waals surface area (Å²) in [6.45, 7) is 2.82. The van der Waals surface area contributed by atoms with E-state index in [1.54, 1.807) is 25.1 Å². The van der Waals surface area contributed by atoms with Crippen molar-refractivity contribution in [2.75, 3.05) is 18.8 Å². The molecule has 0 aromatic heterocycles. The van der Waals surface area contributed by atoms with Gasteiger partial charge in [-0.1, -0.05) is 0 Å². The quantitative estimate of drug-likeness (QED) is 0.650. The normalized spacial score (nSPS) is 11.0. The maximum atomic E-state index is 12.3. The Morgan fingerprint density at radius 3 is 2.11 bits per heavy atom. The van der Waals surface area contributed by atoms with E-state index in [1.807, 2.05) is 6.92 Å². The molecule has 0 heterocycles. The highest BCUT2D eigenvalue weighted by Gasteiger charge is 2.26. The molecule has 0 fully saturated rings. The van der Waals surface area contributed by atoms with E-state index in [9.17, 15) is 8.42 Å². The molecule has 1 aromatic rings. The molecule has 2 N–H and O–H groups in total. The molecule has 0 radical (unpaired) electrons. The largest absolute Gasteiger partial charge is 0.398 e. The molecule has 0 saturated heterocycles. The molecule has 7 heteroatoms. The van der Waals surface area contributed by atoms with Gasteiger partial charge in [-0.25, -0.2) is 8.42 Å². The number of hydrogen-bond donors (Lipinski definition) is 1. The first-order valence-corrected chi connectivity index (χ1v) is 6.89. The van der Waals surface area contributed by atoms with Crippen LogP contribution in [-0.4, -0.2) is 25.8 Å². The van der Waals surface area contributed by atoms with E-state index in [0.717, 1.165) is 15.4 Å². The highest BCUT2D eigenvalue weighted by atomic mass is 32.2. The summed E-state index contributed by atoms with van der Waals surface area (Å²) in [5, 5.41) is 17.3. The zero-order valence-corrected chi connectivity index (χ0v) is 11.5. The average Bonchev–Trinajstić information content (AvgIpc) is 2.33. The third-order valence-corrected chi connectivity index (χ3v) is 4.59. The molecule has 0 aliphatic rings. The Bertz CT molecular complexity index is 652. The minimum atomic E-state index is -3.93. The zero-order chi connectivity index (χ0) is 14.6. The Morgan fingerprint density at radius 2 is 1.63 bits per heavy atom. The molecule has 0 atom stereocenters. The van der Waals surface area contributed by atoms with Gasteiger partial charge in [0.05, 0.1) is 17.8 Å². The number of rotatable bonds is 4. The van der Waals surface area contributed by atoms with Crippen LogP contribution >= 0.6 is 0 Å². The summed E-state index contributed by atoms with van der Waals surface area (Å²) in [4.78, 5) is -0.0684. The number of nitriles is 2. The number of nitrogens with zero attached hydrogens (tertiary/aromatic N) is 3. The molecule has 6 nitrogen and oxygen atoms in total. The van der Waals surface area contributed by atoms with Gasteiger partial charge in [0, 0.05) is 0 Å². The van der Waals surface area contributed by atoms with E-state index in [-0.39, 0.29) is 23.7 Å². The van der Waals surface area contributed by atoms with E-state index in [4.69, 9.17) is 16.3 Å². The molecule has 0 amide bonds. The minimum absolute atomic E-state index is 0.0684. The Kier molecular flexibility index (Phi) is 4.49. The van der Waals surface area contributed by atoms with Gasteiger partial charge in [0.1, 0.15) is 18.0 Å². The van der Waals surface area contributed by atoms with Crippen molar-refractivity contribution in [3.8, 4) is 12.1 Å². The molecule has 0 bridgehead atoms. The van der Waals surface area contributed by atoms with Crippen LogP contribution in [0.25, 0.3) is 0 Å². The van der Waals surface area contributed by atoms with Crippen LogP contribution in [0.2, 0.25) is 0 Å². The van der Waals surface area contributed by atoms with Crippen LogP contribution in [0.4, 0.5) is 5.69 Å². The number of sulfonamides is 1. The highest BCUT2D eigenvalue weighted by Crippen LogP contribution is 2.25. The van der Waals surface area contributed by atoms with Crippen molar-refractivity contribution in [3.63, 3.8) is 0 Å². The van der Waals surface area contributed by atoms with Crippen LogP contribution in [0, 0.1) is 36.5 Å². The minimum Gasteiger partial charge on any atom is -0.398 e. The summed E-state index contributed by atoms with van der Waals surface area (Å²) in [5.74, 6) is 0. The molecular weight excluding hydrogens is 264 g/mol. The fourth-order valence-electron chi connectivity index (χ4n) is 1.56. The van der Waals surface area contributed by atoms with Crippen molar-refractivity contribution in [3.05, 3.63) is 23.3 Å². The Hall–Kier alpha value is -2.09. The van der Waals surface area contributed by atoms with Crippen LogP contribution in [0.3, 0.4) is 0 Å². The Morgan fingerprint density at radius 1 is 1.16 bits per heavy atom. The lowest BCUT2D eigenvalue weighted by atomic mass is 10.1. The van der Waals surface area contributed by atoms with Crippen LogP contribution in [0.15, 0.2) is 17.0 Å². The summed E-state index contributed by atoms with van der Waals surface area (Å²) in [6.07, 6.45) is 0. The molecule has 0 aliphatic carbocycles. The molecule has 0 spiro atoms. The lowest BCUT2D eigenvalue weighted by Crippen LogP contribution is -2.32. The van der Waals surface area contributed by atoms with Crippen LogP contribution in [-0.2, 0) is 10.0 Å². The van der Waals surface area contributed by atoms with E-state index < -0.39 is 10.0 Å². The molecule has 0 unspecified atom stereocenters. The average molecular weight is 278 g/mol. The van der Waals surface area contributed by atoms with Gasteiger partial charge in [-0.3, -0.25) is 0 Å². The van der Waals surface area contributed by atoms with Gasteiger partial charge in [0.2, 0.25) is 10.0 Å². The first-order chi connectivity index (χ1) is 8.84. The molecule has 0 aliphatic heterocycles. The van der Waals surface area contributed by atoms with E-state index in [0.29, 0.717) is 0 Å². The molecule has 1 rings (SSSR count). The number of hydrogen-bond acceptors (Lipinski definition) is 5. The summed E-state index contributed by atoms with van der Waals surface area (Å²) in [5.41, 5.74) is 7.51. The first-order valence-electron chi connectivity index (χ1n) is 5.45. The third-order valence-electron chi connectivity index (χ3n) is 2.74. The third kappa shape index (κ3) is 3.02. The van der Waals surface area contributed by atoms with E-state index in [1.165, 1.54) is 6.07 Å². The van der Waals surface area contributed by atoms with Gasteiger partial charge < -0.3 is 5.73 Å². The summed E-state index contributed by atoms with van der Waals surface area (Å²) in [7, 11) is -3.93. The monoisotopic (exact) mass is 278 g/mol. The van der Waals surface area contributed by atoms with Crippen molar-refractivity contribution in [1.29, 1.82) is 10.5 Å². The fourth-order valence-corrected chi connectivity index (χ4v) is 2.97. The van der Waals surface area contributed by atoms with Crippen LogP contribution in [0.1, 0.15) is 11.1 Å². The molecule has 19 heavy (non-hydrogen) atoms. The van der Waals surface area contributed by atoms with Gasteiger partial charge >= 0.3 is 0 Å². The van der Waals surface area contributed by atoms with Gasteiger partial charge in [-0.05, 0) is 37.1 Å². The van der Waals surface area contributed by atoms with E-state index >= 15 is 0 Å². The van der Waals surface area contributed by atoms with Crippen molar-refractivity contribution < 1.29 is 8.42 Å². The van der Waals surface area contributed by atoms with Crippen LogP contribution < -0.4 is 5.73 Å². The predicted octanol–water partition coefficient (Wildman–Crippen LogP) is 0.923. The summed E-state index contributed by atoms with van der Waals surface area (Å²) >= 11 is 0. The standard InChI is InChI=1S/C12H14N4O2S/c1-9-7-11(15)12(8-10(9)2)19(17,18)16(5-3-13)6-4-14/h7-8H,5-6,15H2,1-2H3. The number of nitrogens with two attached hydrogens (primary N) is 1. The highest BCUT2D eigenvalue weighted by molar-refractivity contribution is 7.89. The van der Waals surface area contributed by atoms with Crippen molar-refractivity contribution in [1.82, 2.24) is 4.31 Å². The second-order valence-electron chi connectivity index (χ2n) is 4.06. The smallest absolute Gasteiger partial charge is 0.247 e. The molecule has 1 aromatic carbocycles. The van der Waals surface area contributed by atoms with Gasteiger partial charge in [-0.15, -0.1) is 0 Å². The van der Waals surface area contributed by atoms with E-state index in [2.05, 4.69) is 0 Å². The van der Waals surface area contributed by atoms with Gasteiger partial charge in [0.15, 0.2) is 0 Å².